The molecular weight excluding hydrogens is 230 g/mol. The Morgan fingerprint density at radius 3 is 3.11 bits per heavy atom. The quantitative estimate of drug-likeness (QED) is 0.841. The number of nitrogens with one attached hydrogen (secondary N) is 2. The maximum atomic E-state index is 12.0. The van der Waals surface area contributed by atoms with Gasteiger partial charge in [-0.05, 0) is 18.1 Å². The molecule has 0 fully saturated rings. The van der Waals surface area contributed by atoms with Crippen LogP contribution in [0.4, 0.5) is 5.82 Å². The van der Waals surface area contributed by atoms with E-state index in [1.165, 1.54) is 0 Å². The van der Waals surface area contributed by atoms with Gasteiger partial charge in [0.05, 0.1) is 12.1 Å². The number of ether oxygens (including phenoxy) is 1. The van der Waals surface area contributed by atoms with Crippen LogP contribution < -0.4 is 10.1 Å². The molecule has 0 radical (unpaired) electrons. The molecule has 2 N–H and O–H groups in total. The molecule has 0 bridgehead atoms. The number of amides is 1. The van der Waals surface area contributed by atoms with Crippen molar-refractivity contribution >= 4 is 11.7 Å². The Hall–Kier alpha value is -2.30. The second-order valence-electron chi connectivity index (χ2n) is 4.28. The molecule has 2 aromatic rings. The monoisotopic (exact) mass is 243 g/mol. The zero-order valence-corrected chi connectivity index (χ0v) is 9.72. The molecule has 92 valence electrons. The fraction of sp³-hybridized carbons (Fsp3) is 0.231. The van der Waals surface area contributed by atoms with Crippen LogP contribution in [0.1, 0.15) is 5.56 Å². The number of fused-ring (bicyclic) bond motifs is 1. The lowest BCUT2D eigenvalue weighted by Crippen LogP contribution is -2.32. The topological polar surface area (TPSA) is 67.0 Å². The van der Waals surface area contributed by atoms with Gasteiger partial charge >= 0.3 is 0 Å². The van der Waals surface area contributed by atoms with Crippen molar-refractivity contribution in [3.8, 4) is 5.75 Å². The molecule has 1 atom stereocenters. The van der Waals surface area contributed by atoms with Gasteiger partial charge in [-0.1, -0.05) is 18.2 Å². The largest absolute Gasteiger partial charge is 0.492 e. The molecule has 0 spiro atoms. The molecule has 1 aromatic carbocycles. The summed E-state index contributed by atoms with van der Waals surface area (Å²) in [6, 6.07) is 9.53. The number of carbonyl (C=O) groups excluding carboxylic acids is 1. The fourth-order valence-electron chi connectivity index (χ4n) is 2.06. The van der Waals surface area contributed by atoms with E-state index in [1.54, 1.807) is 12.3 Å². The summed E-state index contributed by atoms with van der Waals surface area (Å²) in [6.07, 6.45) is 2.30. The first kappa shape index (κ1) is 10.8. The standard InChI is InChI=1S/C13H13N3O2/c17-13(15-12-5-6-14-16-12)10-7-9-3-1-2-4-11(9)18-8-10/h1-6,10H,7-8H2,(H2,14,15,16,17). The van der Waals surface area contributed by atoms with Crippen LogP contribution in [-0.2, 0) is 11.2 Å². The number of rotatable bonds is 2. The first-order valence-corrected chi connectivity index (χ1v) is 5.84. The SMILES string of the molecule is O=C(Nc1ccn[nH]1)C1COc2ccccc2C1. The zero-order chi connectivity index (χ0) is 12.4. The molecule has 0 saturated carbocycles. The van der Waals surface area contributed by atoms with E-state index < -0.39 is 0 Å². The summed E-state index contributed by atoms with van der Waals surface area (Å²) in [4.78, 5) is 12.0. The highest BCUT2D eigenvalue weighted by Crippen LogP contribution is 2.27. The number of para-hydroxylation sites is 1. The van der Waals surface area contributed by atoms with Crippen molar-refractivity contribution in [2.75, 3.05) is 11.9 Å². The van der Waals surface area contributed by atoms with Gasteiger partial charge in [0, 0.05) is 6.07 Å². The van der Waals surface area contributed by atoms with E-state index in [0.717, 1.165) is 11.3 Å². The predicted molar refractivity (Wildman–Crippen MR) is 66.3 cm³/mol. The molecule has 2 heterocycles. The molecule has 5 heteroatoms. The Balaban J connectivity index is 1.70. The molecular formula is C13H13N3O2. The molecule has 1 aliphatic rings. The van der Waals surface area contributed by atoms with Crippen molar-refractivity contribution in [3.63, 3.8) is 0 Å². The summed E-state index contributed by atoms with van der Waals surface area (Å²) in [6.45, 7) is 0.414. The number of nitrogens with zero attached hydrogens (tertiary/aromatic N) is 1. The Morgan fingerprint density at radius 2 is 2.28 bits per heavy atom. The zero-order valence-electron chi connectivity index (χ0n) is 9.72. The third kappa shape index (κ3) is 2.07. The van der Waals surface area contributed by atoms with Crippen molar-refractivity contribution in [3.05, 3.63) is 42.1 Å². The second kappa shape index (κ2) is 4.52. The fourth-order valence-corrected chi connectivity index (χ4v) is 2.06. The lowest BCUT2D eigenvalue weighted by molar-refractivity contribution is -0.121. The van der Waals surface area contributed by atoms with E-state index in [2.05, 4.69) is 15.5 Å². The minimum atomic E-state index is -0.164. The number of hydrogen-bond acceptors (Lipinski definition) is 3. The van der Waals surface area contributed by atoms with Gasteiger partial charge in [0.1, 0.15) is 18.2 Å². The summed E-state index contributed by atoms with van der Waals surface area (Å²) < 4.78 is 5.59. The summed E-state index contributed by atoms with van der Waals surface area (Å²) in [5.74, 6) is 1.28. The van der Waals surface area contributed by atoms with Crippen LogP contribution in [0.15, 0.2) is 36.5 Å². The molecule has 0 aliphatic carbocycles. The van der Waals surface area contributed by atoms with Gasteiger partial charge < -0.3 is 10.1 Å². The number of aromatic amines is 1. The number of H-pyrrole nitrogens is 1. The molecule has 1 aromatic heterocycles. The molecule has 0 saturated heterocycles. The van der Waals surface area contributed by atoms with Crippen LogP contribution in [0.5, 0.6) is 5.75 Å². The maximum absolute atomic E-state index is 12.0. The van der Waals surface area contributed by atoms with Crippen molar-refractivity contribution in [2.24, 2.45) is 5.92 Å². The average molecular weight is 243 g/mol. The molecule has 1 aliphatic heterocycles. The van der Waals surface area contributed by atoms with Crippen molar-refractivity contribution < 1.29 is 9.53 Å². The maximum Gasteiger partial charge on any atom is 0.232 e. The highest BCUT2D eigenvalue weighted by atomic mass is 16.5. The van der Waals surface area contributed by atoms with E-state index in [1.807, 2.05) is 24.3 Å². The molecule has 5 nitrogen and oxygen atoms in total. The van der Waals surface area contributed by atoms with Crippen molar-refractivity contribution in [1.29, 1.82) is 0 Å². The third-order valence-electron chi connectivity index (χ3n) is 3.01. The Labute approximate surface area is 104 Å². The van der Waals surface area contributed by atoms with Crippen LogP contribution in [0.25, 0.3) is 0 Å². The van der Waals surface area contributed by atoms with Crippen LogP contribution in [-0.4, -0.2) is 22.7 Å². The minimum absolute atomic E-state index is 0.0475. The van der Waals surface area contributed by atoms with Crippen LogP contribution >= 0.6 is 0 Å². The highest BCUT2D eigenvalue weighted by molar-refractivity contribution is 5.92. The van der Waals surface area contributed by atoms with Gasteiger partial charge in [-0.15, -0.1) is 0 Å². The van der Waals surface area contributed by atoms with E-state index in [9.17, 15) is 4.79 Å². The van der Waals surface area contributed by atoms with Gasteiger partial charge in [-0.3, -0.25) is 9.89 Å². The number of benzene rings is 1. The van der Waals surface area contributed by atoms with Gasteiger partial charge in [-0.25, -0.2) is 0 Å². The number of carbonyl (C=O) groups is 1. The first-order chi connectivity index (χ1) is 8.83. The van der Waals surface area contributed by atoms with E-state index in [-0.39, 0.29) is 11.8 Å². The summed E-state index contributed by atoms with van der Waals surface area (Å²) >= 11 is 0. The van der Waals surface area contributed by atoms with Crippen LogP contribution in [0.2, 0.25) is 0 Å². The van der Waals surface area contributed by atoms with Gasteiger partial charge in [0.25, 0.3) is 0 Å². The third-order valence-corrected chi connectivity index (χ3v) is 3.01. The van der Waals surface area contributed by atoms with E-state index in [0.29, 0.717) is 18.8 Å². The van der Waals surface area contributed by atoms with Gasteiger partial charge in [-0.2, -0.15) is 5.10 Å². The lowest BCUT2D eigenvalue weighted by atomic mass is 9.96. The Morgan fingerprint density at radius 1 is 1.39 bits per heavy atom. The second-order valence-corrected chi connectivity index (χ2v) is 4.28. The minimum Gasteiger partial charge on any atom is -0.492 e. The highest BCUT2D eigenvalue weighted by Gasteiger charge is 2.25. The molecule has 1 unspecified atom stereocenters. The molecule has 1 amide bonds. The number of aromatic nitrogens is 2. The van der Waals surface area contributed by atoms with Gasteiger partial charge in [0.15, 0.2) is 0 Å². The van der Waals surface area contributed by atoms with E-state index in [4.69, 9.17) is 4.74 Å². The Kier molecular flexibility index (Phi) is 2.72. The first-order valence-electron chi connectivity index (χ1n) is 5.84. The summed E-state index contributed by atoms with van der Waals surface area (Å²) in [7, 11) is 0. The summed E-state index contributed by atoms with van der Waals surface area (Å²) in [5, 5.41) is 9.27. The van der Waals surface area contributed by atoms with Gasteiger partial charge in [0.2, 0.25) is 5.91 Å². The average Bonchev–Trinajstić information content (AvgIpc) is 2.91. The number of hydrogen-bond donors (Lipinski definition) is 2. The molecule has 3 rings (SSSR count). The van der Waals surface area contributed by atoms with Crippen LogP contribution in [0, 0.1) is 5.92 Å². The van der Waals surface area contributed by atoms with E-state index >= 15 is 0 Å². The lowest BCUT2D eigenvalue weighted by Gasteiger charge is -2.24. The normalized spacial score (nSPS) is 17.7. The summed E-state index contributed by atoms with van der Waals surface area (Å²) in [5.41, 5.74) is 1.08. The Bertz CT molecular complexity index is 551. The van der Waals surface area contributed by atoms with Crippen molar-refractivity contribution in [1.82, 2.24) is 10.2 Å². The number of anilines is 1. The van der Waals surface area contributed by atoms with Crippen molar-refractivity contribution in [2.45, 2.75) is 6.42 Å². The molecule has 18 heavy (non-hydrogen) atoms. The smallest absolute Gasteiger partial charge is 0.232 e. The van der Waals surface area contributed by atoms with Crippen LogP contribution in [0.3, 0.4) is 0 Å². The predicted octanol–water partition coefficient (Wildman–Crippen LogP) is 1.60.